The molecule has 2 aliphatic heterocycles. The summed E-state index contributed by atoms with van der Waals surface area (Å²) in [6.07, 6.45) is 3.68. The number of carboxylic acid groups (broad SMARTS) is 2. The van der Waals surface area contributed by atoms with Gasteiger partial charge in [0.1, 0.15) is 12.1 Å². The van der Waals surface area contributed by atoms with Crippen molar-refractivity contribution < 1.29 is 28.2 Å². The molecule has 9 nitrogen and oxygen atoms in total. The highest BCUT2D eigenvalue weighted by molar-refractivity contribution is 7.88. The molecule has 3 aliphatic rings. The molecule has 0 amide bonds. The predicted molar refractivity (Wildman–Crippen MR) is 151 cm³/mol. The van der Waals surface area contributed by atoms with E-state index in [1.807, 2.05) is 53.4 Å². The fourth-order valence-electron chi connectivity index (χ4n) is 6.98. The highest BCUT2D eigenvalue weighted by atomic mass is 32.2. The Balaban J connectivity index is 1.33. The minimum Gasteiger partial charge on any atom is -0.480 e. The van der Waals surface area contributed by atoms with Gasteiger partial charge in [0.15, 0.2) is 0 Å². The van der Waals surface area contributed by atoms with Gasteiger partial charge in [-0.2, -0.15) is 4.31 Å². The second-order valence-electron chi connectivity index (χ2n) is 11.7. The van der Waals surface area contributed by atoms with Crippen molar-refractivity contribution in [2.24, 2.45) is 17.8 Å². The summed E-state index contributed by atoms with van der Waals surface area (Å²) in [6.45, 7) is 1.85. The molecule has 6 unspecified atom stereocenters. The number of carbonyl (C=O) groups is 2. The molecule has 0 spiro atoms. The van der Waals surface area contributed by atoms with Gasteiger partial charge in [-0.3, -0.25) is 14.5 Å². The number of hydrogen-bond acceptors (Lipinski definition) is 6. The first-order valence-electron chi connectivity index (χ1n) is 14.2. The molecule has 2 saturated heterocycles. The molecule has 40 heavy (non-hydrogen) atoms. The molecule has 3 fully saturated rings. The lowest BCUT2D eigenvalue weighted by Crippen LogP contribution is -2.50. The van der Waals surface area contributed by atoms with Crippen molar-refractivity contribution in [3.05, 3.63) is 71.8 Å². The van der Waals surface area contributed by atoms with Gasteiger partial charge in [0.25, 0.3) is 0 Å². The quantitative estimate of drug-likeness (QED) is 0.399. The van der Waals surface area contributed by atoms with Crippen LogP contribution in [0.2, 0.25) is 0 Å². The second kappa shape index (κ2) is 12.4. The molecule has 5 rings (SSSR count). The van der Waals surface area contributed by atoms with Crippen molar-refractivity contribution in [1.29, 1.82) is 0 Å². The van der Waals surface area contributed by atoms with Crippen LogP contribution in [-0.2, 0) is 31.9 Å². The number of carboxylic acids is 2. The van der Waals surface area contributed by atoms with Crippen molar-refractivity contribution in [1.82, 2.24) is 14.5 Å². The van der Waals surface area contributed by atoms with Crippen molar-refractivity contribution in [2.45, 2.75) is 62.5 Å². The maximum absolute atomic E-state index is 13.8. The Morgan fingerprint density at radius 3 is 2.20 bits per heavy atom. The number of fused-ring (bicyclic) bond motifs is 1. The zero-order valence-electron chi connectivity index (χ0n) is 22.6. The number of aliphatic carboxylic acids is 2. The first kappa shape index (κ1) is 28.7. The summed E-state index contributed by atoms with van der Waals surface area (Å²) in [5, 5.41) is 22.8. The molecule has 10 heteroatoms. The van der Waals surface area contributed by atoms with Crippen LogP contribution in [0.5, 0.6) is 0 Å². The predicted octanol–water partition coefficient (Wildman–Crippen LogP) is 3.03. The summed E-state index contributed by atoms with van der Waals surface area (Å²) < 4.78 is 29.1. The van der Waals surface area contributed by atoms with Gasteiger partial charge in [-0.15, -0.1) is 0 Å². The Morgan fingerprint density at radius 2 is 1.55 bits per heavy atom. The van der Waals surface area contributed by atoms with Gasteiger partial charge in [-0.25, -0.2) is 8.42 Å². The highest BCUT2D eigenvalue weighted by Gasteiger charge is 2.45. The lowest BCUT2D eigenvalue weighted by atomic mass is 9.69. The van der Waals surface area contributed by atoms with E-state index >= 15 is 0 Å². The Kier molecular flexibility index (Phi) is 8.89. The third kappa shape index (κ3) is 6.74. The molecule has 0 aromatic heterocycles. The summed E-state index contributed by atoms with van der Waals surface area (Å²) in [7, 11) is -3.74. The lowest BCUT2D eigenvalue weighted by molar-refractivity contribution is -0.143. The van der Waals surface area contributed by atoms with E-state index in [-0.39, 0.29) is 24.6 Å². The lowest BCUT2D eigenvalue weighted by Gasteiger charge is -2.42. The SMILES string of the molecule is O=C(O)C1CC2CC(CN3CC(N(Cc4ccccc4)S(=O)(=O)Cc4ccccc4)CC3C(=O)O)CCC2CN1. The maximum Gasteiger partial charge on any atom is 0.320 e. The van der Waals surface area contributed by atoms with E-state index in [1.54, 1.807) is 12.1 Å². The van der Waals surface area contributed by atoms with Crippen LogP contribution < -0.4 is 5.32 Å². The maximum atomic E-state index is 13.8. The minimum atomic E-state index is -3.74. The van der Waals surface area contributed by atoms with Gasteiger partial charge < -0.3 is 15.5 Å². The first-order chi connectivity index (χ1) is 19.2. The molecule has 216 valence electrons. The minimum absolute atomic E-state index is 0.139. The molecule has 1 aliphatic carbocycles. The Hall–Kier alpha value is -2.79. The monoisotopic (exact) mass is 569 g/mol. The molecule has 0 radical (unpaired) electrons. The molecular weight excluding hydrogens is 530 g/mol. The van der Waals surface area contributed by atoms with Crippen LogP contribution in [0.4, 0.5) is 0 Å². The van der Waals surface area contributed by atoms with Crippen molar-refractivity contribution >= 4 is 22.0 Å². The zero-order valence-corrected chi connectivity index (χ0v) is 23.5. The van der Waals surface area contributed by atoms with E-state index in [1.165, 1.54) is 4.31 Å². The van der Waals surface area contributed by atoms with Gasteiger partial charge >= 0.3 is 11.9 Å². The van der Waals surface area contributed by atoms with Crippen LogP contribution in [0.1, 0.15) is 43.2 Å². The van der Waals surface area contributed by atoms with E-state index in [0.717, 1.165) is 24.8 Å². The zero-order chi connectivity index (χ0) is 28.3. The topological polar surface area (TPSA) is 127 Å². The fourth-order valence-corrected chi connectivity index (χ4v) is 8.71. The smallest absolute Gasteiger partial charge is 0.320 e. The normalized spacial score (nSPS) is 29.2. The van der Waals surface area contributed by atoms with Crippen molar-refractivity contribution in [3.8, 4) is 0 Å². The van der Waals surface area contributed by atoms with Gasteiger partial charge in [0, 0.05) is 25.7 Å². The summed E-state index contributed by atoms with van der Waals surface area (Å²) in [5.74, 6) is -0.855. The summed E-state index contributed by atoms with van der Waals surface area (Å²) in [5.41, 5.74) is 1.56. The number of piperidine rings is 1. The molecule has 6 atom stereocenters. The van der Waals surface area contributed by atoms with E-state index < -0.39 is 40.1 Å². The molecule has 2 aromatic carbocycles. The molecule has 1 saturated carbocycles. The molecular formula is C30H39N3O6S. The van der Waals surface area contributed by atoms with E-state index in [4.69, 9.17) is 0 Å². The van der Waals surface area contributed by atoms with Gasteiger partial charge in [0.05, 0.1) is 5.75 Å². The Morgan fingerprint density at radius 1 is 0.875 bits per heavy atom. The number of nitrogens with one attached hydrogen (secondary N) is 1. The molecule has 3 N–H and O–H groups in total. The average molecular weight is 570 g/mol. The standard InChI is InChI=1S/C30H39N3O6S/c34-29(35)27-14-25-13-23(11-12-24(25)16-31-27)17-32-19-26(15-28(32)30(36)37)33(18-21-7-3-1-4-8-21)40(38,39)20-22-9-5-2-6-10-22/h1-10,23-28,31H,11-20H2,(H,34,35)(H,36,37). The van der Waals surface area contributed by atoms with E-state index in [0.29, 0.717) is 43.5 Å². The van der Waals surface area contributed by atoms with Gasteiger partial charge in [0.2, 0.25) is 10.0 Å². The Labute approximate surface area is 236 Å². The number of likely N-dealkylation sites (tertiary alicyclic amines) is 1. The number of nitrogens with zero attached hydrogens (tertiary/aromatic N) is 2. The van der Waals surface area contributed by atoms with Crippen molar-refractivity contribution in [2.75, 3.05) is 19.6 Å². The summed E-state index contributed by atoms with van der Waals surface area (Å²) in [4.78, 5) is 25.9. The van der Waals surface area contributed by atoms with Gasteiger partial charge in [-0.05, 0) is 67.5 Å². The fraction of sp³-hybridized carbons (Fsp3) is 0.533. The van der Waals surface area contributed by atoms with E-state index in [2.05, 4.69) is 5.32 Å². The number of sulfonamides is 1. The van der Waals surface area contributed by atoms with Gasteiger partial charge in [-0.1, -0.05) is 60.7 Å². The van der Waals surface area contributed by atoms with Crippen LogP contribution in [0.3, 0.4) is 0 Å². The first-order valence-corrected chi connectivity index (χ1v) is 15.8. The van der Waals surface area contributed by atoms with Crippen LogP contribution in [-0.4, -0.2) is 77.5 Å². The van der Waals surface area contributed by atoms with E-state index in [9.17, 15) is 28.2 Å². The summed E-state index contributed by atoms with van der Waals surface area (Å²) in [6, 6.07) is 16.8. The second-order valence-corrected chi connectivity index (χ2v) is 13.6. The molecule has 2 aromatic rings. The number of benzene rings is 2. The molecule has 0 bridgehead atoms. The highest BCUT2D eigenvalue weighted by Crippen LogP contribution is 2.40. The molecule has 2 heterocycles. The largest absolute Gasteiger partial charge is 0.480 e. The third-order valence-corrected chi connectivity index (χ3v) is 10.8. The van der Waals surface area contributed by atoms with Crippen molar-refractivity contribution in [3.63, 3.8) is 0 Å². The third-order valence-electron chi connectivity index (χ3n) is 9.01. The van der Waals surface area contributed by atoms with Crippen LogP contribution in [0.15, 0.2) is 60.7 Å². The Bertz CT molecular complexity index is 1270. The number of hydrogen-bond donors (Lipinski definition) is 3. The van der Waals surface area contributed by atoms with Crippen LogP contribution in [0.25, 0.3) is 0 Å². The average Bonchev–Trinajstić information content (AvgIpc) is 3.35. The van der Waals surface area contributed by atoms with Crippen LogP contribution in [0, 0.1) is 17.8 Å². The number of rotatable bonds is 10. The van der Waals surface area contributed by atoms with Crippen LogP contribution >= 0.6 is 0 Å². The summed E-state index contributed by atoms with van der Waals surface area (Å²) >= 11 is 0.